The summed E-state index contributed by atoms with van der Waals surface area (Å²) in [5.74, 6) is 0. The molecule has 0 fully saturated rings. The van der Waals surface area contributed by atoms with Crippen LogP contribution in [0.15, 0.2) is 36.4 Å². The molecule has 0 atom stereocenters. The predicted octanol–water partition coefficient (Wildman–Crippen LogP) is 11.1. The van der Waals surface area contributed by atoms with Gasteiger partial charge in [0.1, 0.15) is 0 Å². The number of benzene rings is 2. The summed E-state index contributed by atoms with van der Waals surface area (Å²) < 4.78 is 1.70. The molecule has 0 aromatic heterocycles. The van der Waals surface area contributed by atoms with Crippen LogP contribution in [0.25, 0.3) is 11.1 Å². The van der Waals surface area contributed by atoms with Crippen LogP contribution < -0.4 is 3.58 Å². The van der Waals surface area contributed by atoms with Crippen LogP contribution in [0.1, 0.15) is 120 Å². The maximum absolute atomic E-state index is 2.70. The Bertz CT molecular complexity index is 905. The Morgan fingerprint density at radius 2 is 1.05 bits per heavy atom. The summed E-state index contributed by atoms with van der Waals surface area (Å²) in [5, 5.41) is 0. The first-order valence-corrected chi connectivity index (χ1v) is 31.3. The summed E-state index contributed by atoms with van der Waals surface area (Å²) in [6.07, 6.45) is 19.3. The van der Waals surface area contributed by atoms with E-state index in [1.54, 1.807) is 20.3 Å². The SMILES string of the molecule is CCCCCCCCC1(CCCCCCCC)c2cc(C)ccc2-c2cc[c]([Sn]([CH3])([CH3])[CH3])cc21.[CH3][Sn][CH3]. The van der Waals surface area contributed by atoms with Gasteiger partial charge in [0.15, 0.2) is 0 Å². The van der Waals surface area contributed by atoms with E-state index >= 15 is 0 Å². The molecule has 2 aromatic carbocycles. The zero-order chi connectivity index (χ0) is 27.3. The monoisotopic (exact) mass is 718 g/mol. The number of hydrogen-bond donors (Lipinski definition) is 0. The van der Waals surface area contributed by atoms with Crippen LogP contribution >= 0.6 is 0 Å². The van der Waals surface area contributed by atoms with E-state index in [1.165, 1.54) is 101 Å². The summed E-state index contributed by atoms with van der Waals surface area (Å²) in [6.45, 7) is 6.94. The second-order valence-electron chi connectivity index (χ2n) is 12.7. The second-order valence-corrected chi connectivity index (χ2v) is 30.0. The maximum atomic E-state index is 2.70. The first-order valence-electron chi connectivity index (χ1n) is 15.6. The van der Waals surface area contributed by atoms with E-state index in [0.717, 1.165) is 0 Å². The third-order valence-electron chi connectivity index (χ3n) is 8.30. The molecule has 0 heterocycles. The molecule has 0 bridgehead atoms. The molecule has 206 valence electrons. The zero-order valence-electron chi connectivity index (χ0n) is 25.9. The molecule has 2 radical (unpaired) electrons. The fourth-order valence-corrected chi connectivity index (χ4v) is 9.47. The zero-order valence-corrected chi connectivity index (χ0v) is 31.6. The second kappa shape index (κ2) is 17.0. The van der Waals surface area contributed by atoms with E-state index in [0.29, 0.717) is 0 Å². The van der Waals surface area contributed by atoms with Gasteiger partial charge in [-0.2, -0.15) is 0 Å². The van der Waals surface area contributed by atoms with Crippen molar-refractivity contribution in [2.24, 2.45) is 0 Å². The third-order valence-corrected chi connectivity index (χ3v) is 14.1. The summed E-state index contributed by atoms with van der Waals surface area (Å²) in [7, 11) is 0. The van der Waals surface area contributed by atoms with E-state index in [9.17, 15) is 0 Å². The van der Waals surface area contributed by atoms with E-state index in [4.69, 9.17) is 0 Å². The van der Waals surface area contributed by atoms with Crippen LogP contribution in [0.5, 0.6) is 0 Å². The van der Waals surface area contributed by atoms with Crippen LogP contribution in [-0.2, 0) is 5.41 Å². The first-order chi connectivity index (χ1) is 17.7. The fourth-order valence-electron chi connectivity index (χ4n) is 6.15. The molecule has 2 aromatic rings. The van der Waals surface area contributed by atoms with Crippen LogP contribution in [0.3, 0.4) is 0 Å². The van der Waals surface area contributed by atoms with E-state index in [-0.39, 0.29) is 26.6 Å². The summed E-state index contributed by atoms with van der Waals surface area (Å²) in [4.78, 5) is 12.3. The minimum atomic E-state index is -2.15. The Kier molecular flexibility index (Phi) is 15.3. The van der Waals surface area contributed by atoms with Crippen molar-refractivity contribution in [2.75, 3.05) is 0 Å². The van der Waals surface area contributed by atoms with Gasteiger partial charge in [0.05, 0.1) is 0 Å². The van der Waals surface area contributed by atoms with E-state index < -0.39 is 18.4 Å². The number of fused-ring (bicyclic) bond motifs is 3. The Morgan fingerprint density at radius 3 is 1.54 bits per heavy atom. The molecular formula is C35H58Sn2. The summed E-state index contributed by atoms with van der Waals surface area (Å²) in [5.41, 5.74) is 8.10. The molecule has 0 nitrogen and oxygen atoms in total. The molecule has 0 N–H and O–H groups in total. The molecule has 0 unspecified atom stereocenters. The van der Waals surface area contributed by atoms with Crippen LogP contribution in [0.4, 0.5) is 0 Å². The number of aryl methyl sites for hydroxylation is 1. The standard InChI is InChI=1S/C30H43.5CH3.2Sn/c1-4-6-8-10-12-16-22-30(23-17-13-11-9-7-5-2)28-19-15-14-18-26(28)27-21-20-25(3)24-29(27)30;;;;;;;/h14,18-21,24H,4-13,16-17,22-23H2,1-3H3;5*1H3;;. The summed E-state index contributed by atoms with van der Waals surface area (Å²) >= 11 is -1.92. The van der Waals surface area contributed by atoms with Crippen molar-refractivity contribution >= 4 is 43.1 Å². The number of rotatable bonds is 15. The molecule has 0 saturated heterocycles. The van der Waals surface area contributed by atoms with Gasteiger partial charge in [-0.05, 0) is 0 Å². The third kappa shape index (κ3) is 9.57. The van der Waals surface area contributed by atoms with E-state index in [2.05, 4.69) is 81.9 Å². The molecule has 3 rings (SSSR count). The first kappa shape index (κ1) is 33.2. The van der Waals surface area contributed by atoms with Gasteiger partial charge >= 0.3 is 248 Å². The molecule has 0 spiro atoms. The average Bonchev–Trinajstić information content (AvgIpc) is 3.12. The number of unbranched alkanes of at least 4 members (excludes halogenated alkanes) is 10. The normalized spacial score (nSPS) is 13.6. The van der Waals surface area contributed by atoms with Crippen molar-refractivity contribution < 1.29 is 0 Å². The van der Waals surface area contributed by atoms with Crippen molar-refractivity contribution in [3.05, 3.63) is 53.1 Å². The van der Waals surface area contributed by atoms with Gasteiger partial charge < -0.3 is 0 Å². The van der Waals surface area contributed by atoms with Crippen molar-refractivity contribution in [1.29, 1.82) is 0 Å². The molecule has 37 heavy (non-hydrogen) atoms. The predicted molar refractivity (Wildman–Crippen MR) is 174 cm³/mol. The Hall–Kier alpha value is 0.0374. The van der Waals surface area contributed by atoms with Gasteiger partial charge in [-0.15, -0.1) is 0 Å². The van der Waals surface area contributed by atoms with Crippen molar-refractivity contribution in [3.63, 3.8) is 0 Å². The van der Waals surface area contributed by atoms with Gasteiger partial charge in [0, 0.05) is 0 Å². The molecule has 0 aliphatic heterocycles. The Labute approximate surface area is 246 Å². The van der Waals surface area contributed by atoms with Gasteiger partial charge in [-0.1, -0.05) is 0 Å². The van der Waals surface area contributed by atoms with Crippen molar-refractivity contribution in [2.45, 2.75) is 141 Å². The fraction of sp³-hybridized carbons (Fsp3) is 0.657. The molecule has 2 heteroatoms. The van der Waals surface area contributed by atoms with Crippen LogP contribution in [-0.4, -0.2) is 39.5 Å². The Balaban J connectivity index is 0.00000153. The molecule has 0 saturated carbocycles. The van der Waals surface area contributed by atoms with Crippen molar-refractivity contribution in [1.82, 2.24) is 0 Å². The molecule has 0 amide bonds. The van der Waals surface area contributed by atoms with Gasteiger partial charge in [-0.3, -0.25) is 0 Å². The summed E-state index contributed by atoms with van der Waals surface area (Å²) in [6, 6.07) is 15.0. The van der Waals surface area contributed by atoms with Gasteiger partial charge in [-0.25, -0.2) is 0 Å². The van der Waals surface area contributed by atoms with Gasteiger partial charge in [0.25, 0.3) is 0 Å². The average molecular weight is 716 g/mol. The quantitative estimate of drug-likeness (QED) is 0.127. The Morgan fingerprint density at radius 1 is 0.622 bits per heavy atom. The minimum absolute atomic E-state index is 0.230. The van der Waals surface area contributed by atoms with Gasteiger partial charge in [0.2, 0.25) is 0 Å². The molecule has 1 aliphatic carbocycles. The van der Waals surface area contributed by atoms with E-state index in [1.807, 2.05) is 0 Å². The van der Waals surface area contributed by atoms with Crippen molar-refractivity contribution in [3.8, 4) is 11.1 Å². The van der Waals surface area contributed by atoms with Crippen LogP contribution in [0, 0.1) is 6.92 Å². The molecule has 1 aliphatic rings. The van der Waals surface area contributed by atoms with Crippen LogP contribution in [0.2, 0.25) is 24.7 Å². The molecular weight excluding hydrogens is 658 g/mol. The number of hydrogen-bond acceptors (Lipinski definition) is 0. The topological polar surface area (TPSA) is 0 Å².